The SMILES string of the molecule is CCCCC(CC)COc1nc(Cl)ncc1N. The highest BCUT2D eigenvalue weighted by atomic mass is 35.5. The number of anilines is 1. The van der Waals surface area contributed by atoms with Crippen molar-refractivity contribution in [2.45, 2.75) is 39.5 Å². The third-order valence-corrected chi connectivity index (χ3v) is 2.93. The maximum Gasteiger partial charge on any atom is 0.241 e. The van der Waals surface area contributed by atoms with Crippen LogP contribution < -0.4 is 10.5 Å². The third-order valence-electron chi connectivity index (χ3n) is 2.75. The lowest BCUT2D eigenvalue weighted by molar-refractivity contribution is 0.227. The van der Waals surface area contributed by atoms with Crippen molar-refractivity contribution in [3.63, 3.8) is 0 Å². The van der Waals surface area contributed by atoms with E-state index in [9.17, 15) is 0 Å². The van der Waals surface area contributed by atoms with E-state index in [0.29, 0.717) is 24.1 Å². The van der Waals surface area contributed by atoms with Gasteiger partial charge in [-0.1, -0.05) is 33.1 Å². The van der Waals surface area contributed by atoms with Gasteiger partial charge in [-0.3, -0.25) is 0 Å². The number of ether oxygens (including phenoxy) is 1. The Morgan fingerprint density at radius 1 is 1.47 bits per heavy atom. The molecule has 0 radical (unpaired) electrons. The first-order chi connectivity index (χ1) is 8.17. The fourth-order valence-electron chi connectivity index (χ4n) is 1.57. The van der Waals surface area contributed by atoms with Crippen molar-refractivity contribution in [2.24, 2.45) is 5.92 Å². The Morgan fingerprint density at radius 3 is 2.88 bits per heavy atom. The third kappa shape index (κ3) is 4.77. The molecule has 0 fully saturated rings. The predicted octanol–water partition coefficient (Wildman–Crippen LogP) is 3.31. The van der Waals surface area contributed by atoms with E-state index < -0.39 is 0 Å². The fraction of sp³-hybridized carbons (Fsp3) is 0.667. The Kier molecular flexibility index (Phi) is 6.05. The van der Waals surface area contributed by atoms with Crippen LogP contribution >= 0.6 is 11.6 Å². The Hall–Kier alpha value is -1.03. The summed E-state index contributed by atoms with van der Waals surface area (Å²) in [5.41, 5.74) is 6.14. The molecule has 1 rings (SSSR count). The summed E-state index contributed by atoms with van der Waals surface area (Å²) in [6.45, 7) is 4.99. The Bertz CT molecular complexity index is 347. The summed E-state index contributed by atoms with van der Waals surface area (Å²) in [4.78, 5) is 7.75. The predicted molar refractivity (Wildman–Crippen MR) is 70.3 cm³/mol. The summed E-state index contributed by atoms with van der Waals surface area (Å²) in [6, 6.07) is 0. The van der Waals surface area contributed by atoms with E-state index in [1.54, 1.807) is 0 Å². The minimum Gasteiger partial charge on any atom is -0.476 e. The lowest BCUT2D eigenvalue weighted by atomic mass is 10.0. The zero-order valence-electron chi connectivity index (χ0n) is 10.4. The van der Waals surface area contributed by atoms with Crippen LogP contribution in [0.5, 0.6) is 5.88 Å². The van der Waals surface area contributed by atoms with Gasteiger partial charge in [-0.2, -0.15) is 4.98 Å². The smallest absolute Gasteiger partial charge is 0.241 e. The van der Waals surface area contributed by atoms with Crippen LogP contribution in [0.4, 0.5) is 5.69 Å². The molecular formula is C12H20ClN3O. The molecule has 0 aliphatic heterocycles. The summed E-state index contributed by atoms with van der Waals surface area (Å²) < 4.78 is 5.61. The molecule has 17 heavy (non-hydrogen) atoms. The van der Waals surface area contributed by atoms with Gasteiger partial charge >= 0.3 is 0 Å². The number of hydrogen-bond donors (Lipinski definition) is 1. The molecule has 0 aliphatic rings. The van der Waals surface area contributed by atoms with Crippen molar-refractivity contribution >= 4 is 17.3 Å². The van der Waals surface area contributed by atoms with E-state index >= 15 is 0 Å². The number of rotatable bonds is 7. The average molecular weight is 258 g/mol. The van der Waals surface area contributed by atoms with Gasteiger partial charge in [0, 0.05) is 0 Å². The van der Waals surface area contributed by atoms with E-state index in [2.05, 4.69) is 23.8 Å². The first-order valence-electron chi connectivity index (χ1n) is 6.08. The van der Waals surface area contributed by atoms with Crippen molar-refractivity contribution in [1.29, 1.82) is 0 Å². The normalized spacial score (nSPS) is 12.4. The molecule has 5 heteroatoms. The first kappa shape index (κ1) is 14.0. The summed E-state index contributed by atoms with van der Waals surface area (Å²) in [5, 5.41) is 0.163. The van der Waals surface area contributed by atoms with Crippen molar-refractivity contribution in [1.82, 2.24) is 9.97 Å². The van der Waals surface area contributed by atoms with Crippen LogP contribution in [-0.2, 0) is 0 Å². The van der Waals surface area contributed by atoms with Gasteiger partial charge in [0.15, 0.2) is 0 Å². The number of nitrogens with zero attached hydrogens (tertiary/aromatic N) is 2. The Morgan fingerprint density at radius 2 is 2.24 bits per heavy atom. The summed E-state index contributed by atoms with van der Waals surface area (Å²) in [6.07, 6.45) is 6.17. The number of nitrogen functional groups attached to an aromatic ring is 1. The molecule has 0 aliphatic carbocycles. The quantitative estimate of drug-likeness (QED) is 0.762. The Labute approximate surface area is 108 Å². The van der Waals surface area contributed by atoms with Gasteiger partial charge in [-0.05, 0) is 23.9 Å². The molecule has 2 N–H and O–H groups in total. The number of halogens is 1. The molecule has 1 atom stereocenters. The number of unbranched alkanes of at least 4 members (excludes halogenated alkanes) is 1. The number of aromatic nitrogens is 2. The molecule has 0 bridgehead atoms. The largest absolute Gasteiger partial charge is 0.476 e. The Balaban J connectivity index is 2.50. The van der Waals surface area contributed by atoms with Crippen LogP contribution in [0.2, 0.25) is 5.28 Å². The lowest BCUT2D eigenvalue weighted by Gasteiger charge is -2.15. The van der Waals surface area contributed by atoms with Gasteiger partial charge in [0.05, 0.1) is 12.8 Å². The van der Waals surface area contributed by atoms with Gasteiger partial charge in [-0.15, -0.1) is 0 Å². The molecule has 0 spiro atoms. The zero-order valence-corrected chi connectivity index (χ0v) is 11.2. The highest BCUT2D eigenvalue weighted by Crippen LogP contribution is 2.21. The van der Waals surface area contributed by atoms with Crippen LogP contribution in [0.1, 0.15) is 39.5 Å². The number of nitrogens with two attached hydrogens (primary N) is 1. The first-order valence-corrected chi connectivity index (χ1v) is 6.46. The van der Waals surface area contributed by atoms with Gasteiger partial charge in [0.25, 0.3) is 0 Å². The zero-order chi connectivity index (χ0) is 12.7. The van der Waals surface area contributed by atoms with Crippen molar-refractivity contribution in [2.75, 3.05) is 12.3 Å². The molecule has 1 unspecified atom stereocenters. The number of hydrogen-bond acceptors (Lipinski definition) is 4. The molecule has 96 valence electrons. The van der Waals surface area contributed by atoms with E-state index in [0.717, 1.165) is 6.42 Å². The van der Waals surface area contributed by atoms with E-state index in [1.807, 2.05) is 0 Å². The molecule has 0 saturated carbocycles. The molecule has 1 aromatic heterocycles. The maximum absolute atomic E-state index is 5.71. The van der Waals surface area contributed by atoms with Crippen molar-refractivity contribution in [3.8, 4) is 5.88 Å². The van der Waals surface area contributed by atoms with Crippen LogP contribution in [0.3, 0.4) is 0 Å². The molecule has 4 nitrogen and oxygen atoms in total. The monoisotopic (exact) mass is 257 g/mol. The van der Waals surface area contributed by atoms with Crippen molar-refractivity contribution in [3.05, 3.63) is 11.5 Å². The van der Waals surface area contributed by atoms with Gasteiger partial charge < -0.3 is 10.5 Å². The maximum atomic E-state index is 5.71. The standard InChI is InChI=1S/C12H20ClN3O/c1-3-5-6-9(4-2)8-17-11-10(14)7-15-12(13)16-11/h7,9H,3-6,8,14H2,1-2H3. The molecule has 0 aromatic carbocycles. The van der Waals surface area contributed by atoms with Crippen LogP contribution in [0.25, 0.3) is 0 Å². The summed E-state index contributed by atoms with van der Waals surface area (Å²) in [5.74, 6) is 0.933. The molecular weight excluding hydrogens is 238 g/mol. The summed E-state index contributed by atoms with van der Waals surface area (Å²) >= 11 is 5.69. The van der Waals surface area contributed by atoms with Crippen molar-refractivity contribution < 1.29 is 4.74 Å². The minimum absolute atomic E-state index is 0.163. The highest BCUT2D eigenvalue weighted by Gasteiger charge is 2.10. The van der Waals surface area contributed by atoms with Crippen LogP contribution in [0.15, 0.2) is 6.20 Å². The topological polar surface area (TPSA) is 61.0 Å². The molecule has 1 aromatic rings. The highest BCUT2D eigenvalue weighted by molar-refractivity contribution is 6.28. The van der Waals surface area contributed by atoms with Crippen LogP contribution in [0, 0.1) is 5.92 Å². The summed E-state index contributed by atoms with van der Waals surface area (Å²) in [7, 11) is 0. The van der Waals surface area contributed by atoms with E-state index in [4.69, 9.17) is 22.1 Å². The minimum atomic E-state index is 0.163. The van der Waals surface area contributed by atoms with E-state index in [1.165, 1.54) is 25.5 Å². The second-order valence-electron chi connectivity index (χ2n) is 4.13. The fourth-order valence-corrected chi connectivity index (χ4v) is 1.69. The second kappa shape index (κ2) is 7.33. The van der Waals surface area contributed by atoms with E-state index in [-0.39, 0.29) is 5.28 Å². The van der Waals surface area contributed by atoms with Gasteiger partial charge in [-0.25, -0.2) is 4.98 Å². The molecule has 0 amide bonds. The van der Waals surface area contributed by atoms with Gasteiger partial charge in [0.2, 0.25) is 11.2 Å². The van der Waals surface area contributed by atoms with Crippen LogP contribution in [-0.4, -0.2) is 16.6 Å². The second-order valence-corrected chi connectivity index (χ2v) is 4.47. The molecule has 1 heterocycles. The lowest BCUT2D eigenvalue weighted by Crippen LogP contribution is -2.13. The molecule has 0 saturated heterocycles. The van der Waals surface area contributed by atoms with Gasteiger partial charge in [0.1, 0.15) is 5.69 Å². The average Bonchev–Trinajstić information content (AvgIpc) is 2.33.